The Bertz CT molecular complexity index is 1540. The van der Waals surface area contributed by atoms with E-state index in [1.54, 1.807) is 6.08 Å². The van der Waals surface area contributed by atoms with Crippen molar-refractivity contribution >= 4 is 22.7 Å². The number of ketones is 1. The van der Waals surface area contributed by atoms with Crippen molar-refractivity contribution in [2.45, 2.75) is 89.8 Å². The first-order valence-electron chi connectivity index (χ1n) is 15.7. The Balaban J connectivity index is 0.000000253. The maximum atomic E-state index is 12.1. The van der Waals surface area contributed by atoms with Crippen LogP contribution < -0.4 is 5.43 Å². The molecular formula is C35H44O11. The van der Waals surface area contributed by atoms with Gasteiger partial charge in [-0.25, -0.2) is 0 Å². The Kier molecular flexibility index (Phi) is 13.6. The number of hydrogen-bond acceptors (Lipinski definition) is 10. The number of carboxylic acids is 1. The summed E-state index contributed by atoms with van der Waals surface area (Å²) in [7, 11) is 0. The zero-order valence-electron chi connectivity index (χ0n) is 26.0. The molecular weight excluding hydrogens is 596 g/mol. The lowest BCUT2D eigenvalue weighted by atomic mass is 9.88. The van der Waals surface area contributed by atoms with Crippen molar-refractivity contribution in [3.63, 3.8) is 0 Å². The van der Waals surface area contributed by atoms with E-state index in [1.165, 1.54) is 30.3 Å². The second-order valence-corrected chi connectivity index (χ2v) is 11.7. The van der Waals surface area contributed by atoms with E-state index in [1.807, 2.05) is 6.08 Å². The zero-order valence-corrected chi connectivity index (χ0v) is 26.0. The minimum atomic E-state index is -0.808. The van der Waals surface area contributed by atoms with E-state index in [-0.39, 0.29) is 58.7 Å². The van der Waals surface area contributed by atoms with Gasteiger partial charge in [-0.2, -0.15) is 0 Å². The molecule has 0 radical (unpaired) electrons. The van der Waals surface area contributed by atoms with Crippen molar-refractivity contribution in [2.24, 2.45) is 11.8 Å². The number of hydrogen-bond donors (Lipinski definition) is 7. The average molecular weight is 641 g/mol. The minimum absolute atomic E-state index is 0.0247. The highest BCUT2D eigenvalue weighted by Gasteiger charge is 2.39. The maximum absolute atomic E-state index is 12.1. The van der Waals surface area contributed by atoms with E-state index in [4.69, 9.17) is 9.52 Å². The summed E-state index contributed by atoms with van der Waals surface area (Å²) >= 11 is 0. The van der Waals surface area contributed by atoms with Crippen molar-refractivity contribution in [1.82, 2.24) is 0 Å². The highest BCUT2D eigenvalue weighted by molar-refractivity contribution is 5.88. The number of rotatable bonds is 14. The topological polar surface area (TPSA) is 206 Å². The van der Waals surface area contributed by atoms with Gasteiger partial charge >= 0.3 is 5.97 Å². The second-order valence-electron chi connectivity index (χ2n) is 11.7. The summed E-state index contributed by atoms with van der Waals surface area (Å²) in [6, 6.07) is 7.82. The van der Waals surface area contributed by atoms with Crippen LogP contribution in [0.5, 0.6) is 23.0 Å². The molecule has 4 rings (SSSR count). The van der Waals surface area contributed by atoms with Gasteiger partial charge in [0, 0.05) is 42.4 Å². The minimum Gasteiger partial charge on any atom is -0.508 e. The van der Waals surface area contributed by atoms with Gasteiger partial charge < -0.3 is 40.2 Å². The highest BCUT2D eigenvalue weighted by Crippen LogP contribution is 2.36. The monoisotopic (exact) mass is 640 g/mol. The third-order valence-corrected chi connectivity index (χ3v) is 8.11. The van der Waals surface area contributed by atoms with E-state index < -0.39 is 35.1 Å². The van der Waals surface area contributed by atoms with Gasteiger partial charge in [-0.15, -0.1) is 0 Å². The van der Waals surface area contributed by atoms with Crippen LogP contribution in [-0.4, -0.2) is 59.7 Å². The lowest BCUT2D eigenvalue weighted by molar-refractivity contribution is -0.137. The number of carbonyl (C=O) groups is 2. The first kappa shape index (κ1) is 36.1. The summed E-state index contributed by atoms with van der Waals surface area (Å²) in [5.41, 5.74) is -0.498. The molecule has 1 aliphatic carbocycles. The number of aliphatic carboxylic acids is 1. The van der Waals surface area contributed by atoms with Gasteiger partial charge in [-0.1, -0.05) is 57.6 Å². The summed E-state index contributed by atoms with van der Waals surface area (Å²) in [6.07, 6.45) is 10.7. The summed E-state index contributed by atoms with van der Waals surface area (Å²) in [5.74, 6) is -2.54. The fourth-order valence-corrected chi connectivity index (χ4v) is 5.63. The number of aromatic hydroxyl groups is 4. The van der Waals surface area contributed by atoms with Crippen LogP contribution in [0.2, 0.25) is 0 Å². The van der Waals surface area contributed by atoms with Crippen LogP contribution in [-0.2, 0) is 9.59 Å². The fourth-order valence-electron chi connectivity index (χ4n) is 5.63. The molecule has 1 heterocycles. The summed E-state index contributed by atoms with van der Waals surface area (Å²) < 4.78 is 5.41. The Morgan fingerprint density at radius 3 is 2.33 bits per heavy atom. The molecule has 4 atom stereocenters. The summed E-state index contributed by atoms with van der Waals surface area (Å²) in [6.45, 7) is 2.12. The number of carboxylic acid groups (broad SMARTS) is 1. The van der Waals surface area contributed by atoms with E-state index in [9.17, 15) is 45.0 Å². The lowest BCUT2D eigenvalue weighted by Gasteiger charge is -2.18. The summed E-state index contributed by atoms with van der Waals surface area (Å²) in [5, 5.41) is 66.9. The first-order chi connectivity index (χ1) is 21.9. The maximum Gasteiger partial charge on any atom is 0.303 e. The van der Waals surface area contributed by atoms with Gasteiger partial charge in [0.1, 0.15) is 34.0 Å². The number of fused-ring (bicyclic) bond motifs is 1. The number of aliphatic hydroxyl groups excluding tert-OH is 2. The Morgan fingerprint density at radius 1 is 0.957 bits per heavy atom. The fraction of sp³-hybridized carbons (Fsp3) is 0.457. The molecule has 11 nitrogen and oxygen atoms in total. The molecule has 1 saturated carbocycles. The number of carbonyl (C=O) groups excluding carboxylic acids is 1. The molecule has 0 unspecified atom stereocenters. The highest BCUT2D eigenvalue weighted by atomic mass is 16.4. The molecule has 1 aliphatic rings. The molecule has 46 heavy (non-hydrogen) atoms. The van der Waals surface area contributed by atoms with Crippen molar-refractivity contribution in [1.29, 1.82) is 0 Å². The van der Waals surface area contributed by atoms with Gasteiger partial charge in [0.25, 0.3) is 0 Å². The molecule has 0 saturated heterocycles. The van der Waals surface area contributed by atoms with E-state index >= 15 is 0 Å². The predicted molar refractivity (Wildman–Crippen MR) is 172 cm³/mol. The number of Topliss-reactive ketones (excluding diaryl/α,β-unsaturated/α-hetero) is 1. The Labute approximate surface area is 267 Å². The van der Waals surface area contributed by atoms with Crippen LogP contribution in [0, 0.1) is 11.8 Å². The predicted octanol–water partition coefficient (Wildman–Crippen LogP) is 5.76. The Morgan fingerprint density at radius 2 is 1.65 bits per heavy atom. The molecule has 7 N–H and O–H groups in total. The van der Waals surface area contributed by atoms with Crippen LogP contribution in [0.15, 0.2) is 57.8 Å². The number of phenolic OH excluding ortho intramolecular Hbond substituents is 3. The molecule has 0 amide bonds. The van der Waals surface area contributed by atoms with Crippen LogP contribution in [0.1, 0.15) is 77.6 Å². The van der Waals surface area contributed by atoms with Crippen molar-refractivity contribution in [2.75, 3.05) is 0 Å². The smallest absolute Gasteiger partial charge is 0.303 e. The average Bonchev–Trinajstić information content (AvgIpc) is 3.27. The number of phenols is 3. The van der Waals surface area contributed by atoms with Gasteiger partial charge in [0.05, 0.1) is 12.2 Å². The van der Waals surface area contributed by atoms with Crippen LogP contribution in [0.3, 0.4) is 0 Å². The molecule has 0 bridgehead atoms. The SMILES string of the molecule is CCCCC[C@H](O)/C=C/[C@H]1[C@H](O)CC(=O)[C@@H]1CCCCCCC(=O)O.O=c1c(O)c(-c2ccc(O)cc2)oc2cc(O)cc(O)c12. The van der Waals surface area contributed by atoms with Gasteiger partial charge in [0.2, 0.25) is 11.2 Å². The molecule has 1 aromatic heterocycles. The molecule has 0 spiro atoms. The molecule has 11 heteroatoms. The van der Waals surface area contributed by atoms with Crippen molar-refractivity contribution < 1.29 is 49.8 Å². The standard InChI is InChI=1S/C20H34O5.C15H10O6/c1-2-3-6-9-15(21)12-13-17-16(18(22)14-19(17)23)10-7-4-5-8-11-20(24)25;16-8-3-1-7(2-4-8)15-14(20)13(19)12-10(18)5-9(17)6-11(12)21-15/h12-13,15-17,19,21,23H,2-11,14H2,1H3,(H,24,25);1-6,16-18,20H/b13-12+;/t15-,16+,17+,19+;/m0./s1. The summed E-state index contributed by atoms with van der Waals surface area (Å²) in [4.78, 5) is 34.7. The number of unbranched alkanes of at least 4 members (excludes halogenated alkanes) is 5. The number of aliphatic hydroxyl groups is 2. The van der Waals surface area contributed by atoms with E-state index in [0.29, 0.717) is 12.0 Å². The first-order valence-corrected chi connectivity index (χ1v) is 15.7. The zero-order chi connectivity index (χ0) is 33.8. The molecule has 250 valence electrons. The van der Waals surface area contributed by atoms with Crippen LogP contribution >= 0.6 is 0 Å². The molecule has 0 aliphatic heterocycles. The molecule has 1 fully saturated rings. The van der Waals surface area contributed by atoms with Crippen molar-refractivity contribution in [3.05, 3.63) is 58.8 Å². The van der Waals surface area contributed by atoms with Crippen LogP contribution in [0.4, 0.5) is 0 Å². The molecule has 2 aromatic carbocycles. The van der Waals surface area contributed by atoms with Crippen LogP contribution in [0.25, 0.3) is 22.3 Å². The van der Waals surface area contributed by atoms with Gasteiger partial charge in [0.15, 0.2) is 5.76 Å². The van der Waals surface area contributed by atoms with E-state index in [0.717, 1.165) is 57.4 Å². The van der Waals surface area contributed by atoms with Gasteiger partial charge in [-0.05, 0) is 43.5 Å². The molecule has 3 aromatic rings. The Hall–Kier alpha value is -4.35. The van der Waals surface area contributed by atoms with Crippen molar-refractivity contribution in [3.8, 4) is 34.3 Å². The van der Waals surface area contributed by atoms with Gasteiger partial charge in [-0.3, -0.25) is 14.4 Å². The lowest BCUT2D eigenvalue weighted by Crippen LogP contribution is -2.19. The number of benzene rings is 2. The van der Waals surface area contributed by atoms with E-state index in [2.05, 4.69) is 6.92 Å². The second kappa shape index (κ2) is 17.4. The normalized spacial score (nSPS) is 18.5. The third kappa shape index (κ3) is 10.1. The third-order valence-electron chi connectivity index (χ3n) is 8.11. The largest absolute Gasteiger partial charge is 0.508 e. The quantitative estimate of drug-likeness (QED) is 0.0833.